The third-order valence-electron chi connectivity index (χ3n) is 4.81. The van der Waals surface area contributed by atoms with Gasteiger partial charge in [0.05, 0.1) is 12.6 Å². The standard InChI is InChI=1S/C20H30FN3O2/c1-20(2,3)18(15-8-10-16(21)11-9-15)24-17(25)13-23-19(26)22-12-14-6-4-5-7-14/h8-11,14,18H,4-7,12-13H2,1-3H3,(H,24,25)(H2,22,23,26). The van der Waals surface area contributed by atoms with Crippen LogP contribution in [0, 0.1) is 17.2 Å². The Morgan fingerprint density at radius 2 is 1.73 bits per heavy atom. The zero-order chi connectivity index (χ0) is 19.2. The Morgan fingerprint density at radius 3 is 2.31 bits per heavy atom. The summed E-state index contributed by atoms with van der Waals surface area (Å²) < 4.78 is 13.2. The van der Waals surface area contributed by atoms with E-state index in [0.717, 1.165) is 18.4 Å². The lowest BCUT2D eigenvalue weighted by Gasteiger charge is -2.32. The molecule has 0 spiro atoms. The molecule has 1 aromatic carbocycles. The topological polar surface area (TPSA) is 70.2 Å². The Balaban J connectivity index is 1.82. The van der Waals surface area contributed by atoms with E-state index in [4.69, 9.17) is 0 Å². The Kier molecular flexibility index (Phi) is 7.00. The molecule has 1 atom stereocenters. The second-order valence-corrected chi connectivity index (χ2v) is 8.13. The summed E-state index contributed by atoms with van der Waals surface area (Å²) in [7, 11) is 0. The van der Waals surface area contributed by atoms with Crippen molar-refractivity contribution in [2.75, 3.05) is 13.1 Å². The predicted octanol–water partition coefficient (Wildman–Crippen LogP) is 3.52. The number of hydrogen-bond acceptors (Lipinski definition) is 2. The van der Waals surface area contributed by atoms with Crippen LogP contribution >= 0.6 is 0 Å². The van der Waals surface area contributed by atoms with E-state index in [1.807, 2.05) is 20.8 Å². The quantitative estimate of drug-likeness (QED) is 0.724. The van der Waals surface area contributed by atoms with Crippen LogP contribution in [0.25, 0.3) is 0 Å². The zero-order valence-corrected chi connectivity index (χ0v) is 15.9. The molecular formula is C20H30FN3O2. The van der Waals surface area contributed by atoms with E-state index < -0.39 is 0 Å². The lowest BCUT2D eigenvalue weighted by atomic mass is 9.82. The maximum atomic E-state index is 13.2. The summed E-state index contributed by atoms with van der Waals surface area (Å²) in [5.41, 5.74) is 0.580. The molecule has 26 heavy (non-hydrogen) atoms. The van der Waals surface area contributed by atoms with Gasteiger partial charge in [-0.2, -0.15) is 0 Å². The largest absolute Gasteiger partial charge is 0.347 e. The van der Waals surface area contributed by atoms with E-state index in [2.05, 4.69) is 16.0 Å². The summed E-state index contributed by atoms with van der Waals surface area (Å²) in [6.07, 6.45) is 4.78. The molecule has 0 aliphatic heterocycles. The lowest BCUT2D eigenvalue weighted by molar-refractivity contribution is -0.121. The summed E-state index contributed by atoms with van der Waals surface area (Å²) in [6.45, 7) is 6.58. The van der Waals surface area contributed by atoms with Crippen molar-refractivity contribution in [3.63, 3.8) is 0 Å². The van der Waals surface area contributed by atoms with E-state index >= 15 is 0 Å². The first kappa shape index (κ1) is 20.2. The molecule has 144 valence electrons. The summed E-state index contributed by atoms with van der Waals surface area (Å²) in [4.78, 5) is 24.1. The van der Waals surface area contributed by atoms with Crippen LogP contribution in [-0.4, -0.2) is 25.0 Å². The van der Waals surface area contributed by atoms with Gasteiger partial charge in [-0.05, 0) is 41.9 Å². The number of halogens is 1. The van der Waals surface area contributed by atoms with Gasteiger partial charge in [-0.15, -0.1) is 0 Å². The molecule has 2 rings (SSSR count). The van der Waals surface area contributed by atoms with Crippen LogP contribution in [0.4, 0.5) is 9.18 Å². The summed E-state index contributed by atoms with van der Waals surface area (Å²) >= 11 is 0. The third kappa shape index (κ3) is 6.32. The first-order chi connectivity index (χ1) is 12.3. The van der Waals surface area contributed by atoms with Gasteiger partial charge in [0.25, 0.3) is 0 Å². The second kappa shape index (κ2) is 9.01. The average molecular weight is 363 g/mol. The van der Waals surface area contributed by atoms with Crippen LogP contribution in [0.15, 0.2) is 24.3 Å². The minimum absolute atomic E-state index is 0.0930. The smallest absolute Gasteiger partial charge is 0.315 e. The third-order valence-corrected chi connectivity index (χ3v) is 4.81. The van der Waals surface area contributed by atoms with Gasteiger partial charge in [-0.1, -0.05) is 45.7 Å². The molecule has 0 aromatic heterocycles. The van der Waals surface area contributed by atoms with Crippen LogP contribution < -0.4 is 16.0 Å². The molecular weight excluding hydrogens is 333 g/mol. The van der Waals surface area contributed by atoms with Crippen molar-refractivity contribution in [1.82, 2.24) is 16.0 Å². The highest BCUT2D eigenvalue weighted by Crippen LogP contribution is 2.32. The molecule has 0 saturated heterocycles. The Bertz CT molecular complexity index is 604. The number of carbonyl (C=O) groups is 2. The normalized spacial score (nSPS) is 16.2. The van der Waals surface area contributed by atoms with E-state index in [1.165, 1.54) is 25.0 Å². The highest BCUT2D eigenvalue weighted by atomic mass is 19.1. The van der Waals surface area contributed by atoms with Crippen molar-refractivity contribution in [2.24, 2.45) is 11.3 Å². The number of carbonyl (C=O) groups excluding carboxylic acids is 2. The van der Waals surface area contributed by atoms with E-state index in [0.29, 0.717) is 12.5 Å². The zero-order valence-electron chi connectivity index (χ0n) is 15.9. The van der Waals surface area contributed by atoms with E-state index in [1.54, 1.807) is 12.1 Å². The van der Waals surface area contributed by atoms with Gasteiger partial charge in [0.2, 0.25) is 5.91 Å². The van der Waals surface area contributed by atoms with Gasteiger partial charge in [0, 0.05) is 6.54 Å². The van der Waals surface area contributed by atoms with Crippen molar-refractivity contribution in [2.45, 2.75) is 52.5 Å². The Labute approximate surface area is 155 Å². The fourth-order valence-electron chi connectivity index (χ4n) is 3.34. The first-order valence-electron chi connectivity index (χ1n) is 9.32. The van der Waals surface area contributed by atoms with Crippen molar-refractivity contribution in [1.29, 1.82) is 0 Å². The van der Waals surface area contributed by atoms with Crippen molar-refractivity contribution >= 4 is 11.9 Å². The second-order valence-electron chi connectivity index (χ2n) is 8.13. The molecule has 3 amide bonds. The maximum absolute atomic E-state index is 13.2. The van der Waals surface area contributed by atoms with Crippen LogP contribution in [0.3, 0.4) is 0 Å². The predicted molar refractivity (Wildman–Crippen MR) is 100 cm³/mol. The van der Waals surface area contributed by atoms with Crippen LogP contribution in [0.2, 0.25) is 0 Å². The van der Waals surface area contributed by atoms with Gasteiger partial charge in [-0.25, -0.2) is 9.18 Å². The fraction of sp³-hybridized carbons (Fsp3) is 0.600. The summed E-state index contributed by atoms with van der Waals surface area (Å²) in [6, 6.07) is 5.52. The van der Waals surface area contributed by atoms with E-state index in [9.17, 15) is 14.0 Å². The van der Waals surface area contributed by atoms with Gasteiger partial charge < -0.3 is 16.0 Å². The molecule has 3 N–H and O–H groups in total. The molecule has 1 aliphatic rings. The molecule has 0 radical (unpaired) electrons. The van der Waals surface area contributed by atoms with Gasteiger partial charge in [0.1, 0.15) is 5.82 Å². The molecule has 1 unspecified atom stereocenters. The number of urea groups is 1. The molecule has 1 saturated carbocycles. The number of amides is 3. The molecule has 5 nitrogen and oxygen atoms in total. The highest BCUT2D eigenvalue weighted by molar-refractivity contribution is 5.84. The number of benzene rings is 1. The van der Waals surface area contributed by atoms with Crippen LogP contribution in [-0.2, 0) is 4.79 Å². The van der Waals surface area contributed by atoms with Gasteiger partial charge >= 0.3 is 6.03 Å². The molecule has 1 aromatic rings. The average Bonchev–Trinajstić information content (AvgIpc) is 3.09. The molecule has 6 heteroatoms. The minimum Gasteiger partial charge on any atom is -0.347 e. The molecule has 1 fully saturated rings. The Hall–Kier alpha value is -2.11. The monoisotopic (exact) mass is 363 g/mol. The van der Waals surface area contributed by atoms with Crippen molar-refractivity contribution in [3.05, 3.63) is 35.6 Å². The number of rotatable bonds is 6. The van der Waals surface area contributed by atoms with Gasteiger partial charge in [0.15, 0.2) is 0 Å². The Morgan fingerprint density at radius 1 is 1.12 bits per heavy atom. The maximum Gasteiger partial charge on any atom is 0.315 e. The number of nitrogens with one attached hydrogen (secondary N) is 3. The molecule has 1 aliphatic carbocycles. The molecule has 0 bridgehead atoms. The SMILES string of the molecule is CC(C)(C)C(NC(=O)CNC(=O)NCC1CCCC1)c1ccc(F)cc1. The summed E-state index contributed by atoms with van der Waals surface area (Å²) in [5.74, 6) is -0.0306. The number of hydrogen-bond donors (Lipinski definition) is 3. The van der Waals surface area contributed by atoms with Crippen LogP contribution in [0.1, 0.15) is 58.1 Å². The van der Waals surface area contributed by atoms with E-state index in [-0.39, 0.29) is 35.8 Å². The van der Waals surface area contributed by atoms with Crippen LogP contribution in [0.5, 0.6) is 0 Å². The highest BCUT2D eigenvalue weighted by Gasteiger charge is 2.28. The fourth-order valence-corrected chi connectivity index (χ4v) is 3.34. The molecule has 0 heterocycles. The first-order valence-corrected chi connectivity index (χ1v) is 9.32. The lowest BCUT2D eigenvalue weighted by Crippen LogP contribution is -2.45. The van der Waals surface area contributed by atoms with Gasteiger partial charge in [-0.3, -0.25) is 4.79 Å². The summed E-state index contributed by atoms with van der Waals surface area (Å²) in [5, 5.41) is 8.37. The van der Waals surface area contributed by atoms with Crippen molar-refractivity contribution in [3.8, 4) is 0 Å². The minimum atomic E-state index is -0.318. The van der Waals surface area contributed by atoms with Crippen molar-refractivity contribution < 1.29 is 14.0 Å².